The first kappa shape index (κ1) is 13.6. The second kappa shape index (κ2) is 5.53. The molecular formula is C14H19N7. The van der Waals surface area contributed by atoms with Crippen LogP contribution in [0.2, 0.25) is 0 Å². The molecule has 0 atom stereocenters. The van der Waals surface area contributed by atoms with Crippen LogP contribution in [-0.2, 0) is 0 Å². The van der Waals surface area contributed by atoms with E-state index in [1.165, 1.54) is 0 Å². The van der Waals surface area contributed by atoms with Gasteiger partial charge in [-0.1, -0.05) is 0 Å². The van der Waals surface area contributed by atoms with E-state index in [1.54, 1.807) is 6.20 Å². The monoisotopic (exact) mass is 285 g/mol. The van der Waals surface area contributed by atoms with Crippen LogP contribution in [0.4, 0.5) is 17.5 Å². The molecule has 110 valence electrons. The number of pyridine rings is 1. The molecule has 2 aromatic heterocycles. The lowest BCUT2D eigenvalue weighted by atomic mass is 10.2. The second-order valence-electron chi connectivity index (χ2n) is 5.22. The first-order chi connectivity index (χ1) is 10.1. The van der Waals surface area contributed by atoms with Gasteiger partial charge in [0, 0.05) is 32.4 Å². The Hall–Kier alpha value is -2.41. The van der Waals surface area contributed by atoms with Gasteiger partial charge in [0.25, 0.3) is 0 Å². The number of nitrogens with zero attached hydrogens (tertiary/aromatic N) is 5. The van der Waals surface area contributed by atoms with Crippen LogP contribution >= 0.6 is 0 Å². The fourth-order valence-corrected chi connectivity index (χ4v) is 2.40. The van der Waals surface area contributed by atoms with Gasteiger partial charge >= 0.3 is 0 Å². The van der Waals surface area contributed by atoms with Gasteiger partial charge in [-0.05, 0) is 19.2 Å². The Morgan fingerprint density at radius 1 is 1.00 bits per heavy atom. The lowest BCUT2D eigenvalue weighted by molar-refractivity contribution is 0.313. The third-order valence-electron chi connectivity index (χ3n) is 3.73. The highest BCUT2D eigenvalue weighted by atomic mass is 15.2. The van der Waals surface area contributed by atoms with Crippen molar-refractivity contribution in [1.82, 2.24) is 19.9 Å². The number of aromatic nitrogens is 3. The molecule has 3 heterocycles. The minimum Gasteiger partial charge on any atom is -0.383 e. The number of piperazine rings is 1. The van der Waals surface area contributed by atoms with Gasteiger partial charge in [-0.2, -0.15) is 4.98 Å². The fourth-order valence-electron chi connectivity index (χ4n) is 2.40. The van der Waals surface area contributed by atoms with E-state index in [0.717, 1.165) is 37.6 Å². The number of hydrogen-bond donors (Lipinski definition) is 2. The molecule has 0 aliphatic carbocycles. The Morgan fingerprint density at radius 3 is 2.38 bits per heavy atom. The quantitative estimate of drug-likeness (QED) is 0.827. The highest BCUT2D eigenvalue weighted by Gasteiger charge is 2.15. The number of nitrogen functional groups attached to an aromatic ring is 2. The van der Waals surface area contributed by atoms with Crippen molar-refractivity contribution in [2.45, 2.75) is 0 Å². The van der Waals surface area contributed by atoms with Crippen LogP contribution in [0.1, 0.15) is 0 Å². The first-order valence-electron chi connectivity index (χ1n) is 6.91. The number of hydrogen-bond acceptors (Lipinski definition) is 7. The molecule has 7 heteroatoms. The smallest absolute Gasteiger partial charge is 0.221 e. The van der Waals surface area contributed by atoms with E-state index in [0.29, 0.717) is 11.4 Å². The lowest BCUT2D eigenvalue weighted by Crippen LogP contribution is -2.44. The largest absolute Gasteiger partial charge is 0.383 e. The van der Waals surface area contributed by atoms with Crippen molar-refractivity contribution in [3.05, 3.63) is 24.5 Å². The molecular weight excluding hydrogens is 266 g/mol. The van der Waals surface area contributed by atoms with Crippen molar-refractivity contribution in [3.8, 4) is 11.3 Å². The van der Waals surface area contributed by atoms with E-state index >= 15 is 0 Å². The average molecular weight is 285 g/mol. The second-order valence-corrected chi connectivity index (χ2v) is 5.22. The van der Waals surface area contributed by atoms with Gasteiger partial charge < -0.3 is 21.3 Å². The van der Waals surface area contributed by atoms with E-state index in [4.69, 9.17) is 11.5 Å². The Labute approximate surface area is 123 Å². The average Bonchev–Trinajstić information content (AvgIpc) is 2.48. The number of anilines is 3. The number of rotatable bonds is 2. The van der Waals surface area contributed by atoms with Gasteiger partial charge in [-0.3, -0.25) is 4.98 Å². The fraction of sp³-hybridized carbons (Fsp3) is 0.357. The third kappa shape index (κ3) is 2.87. The normalized spacial score (nSPS) is 16.1. The van der Waals surface area contributed by atoms with Crippen LogP contribution in [0.15, 0.2) is 24.5 Å². The third-order valence-corrected chi connectivity index (χ3v) is 3.73. The zero-order chi connectivity index (χ0) is 14.8. The summed E-state index contributed by atoms with van der Waals surface area (Å²) < 4.78 is 0. The highest BCUT2D eigenvalue weighted by Crippen LogP contribution is 2.24. The van der Waals surface area contributed by atoms with E-state index in [1.807, 2.05) is 12.3 Å². The summed E-state index contributed by atoms with van der Waals surface area (Å²) in [5.74, 6) is 0.521. The summed E-state index contributed by atoms with van der Waals surface area (Å²) in [4.78, 5) is 17.1. The summed E-state index contributed by atoms with van der Waals surface area (Å²) in [5.41, 5.74) is 14.0. The Morgan fingerprint density at radius 2 is 1.76 bits per heavy atom. The van der Waals surface area contributed by atoms with Crippen LogP contribution in [0.5, 0.6) is 0 Å². The zero-order valence-corrected chi connectivity index (χ0v) is 12.0. The summed E-state index contributed by atoms with van der Waals surface area (Å²) in [5, 5.41) is 0. The summed E-state index contributed by atoms with van der Waals surface area (Å²) in [6, 6.07) is 4.00. The molecule has 2 aromatic rings. The van der Waals surface area contributed by atoms with Crippen molar-refractivity contribution < 1.29 is 0 Å². The molecule has 0 aromatic carbocycles. The van der Waals surface area contributed by atoms with Gasteiger partial charge in [0.05, 0.1) is 23.1 Å². The van der Waals surface area contributed by atoms with E-state index in [-0.39, 0.29) is 5.95 Å². The Balaban J connectivity index is 1.80. The first-order valence-corrected chi connectivity index (χ1v) is 6.91. The summed E-state index contributed by atoms with van der Waals surface area (Å²) in [6.07, 6.45) is 3.48. The maximum Gasteiger partial charge on any atom is 0.221 e. The molecule has 0 unspecified atom stereocenters. The Kier molecular flexibility index (Phi) is 3.57. The maximum absolute atomic E-state index is 5.86. The lowest BCUT2D eigenvalue weighted by Gasteiger charge is -2.33. The molecule has 0 saturated carbocycles. The van der Waals surface area contributed by atoms with Gasteiger partial charge in [0.2, 0.25) is 5.95 Å². The van der Waals surface area contributed by atoms with Gasteiger partial charge in [-0.15, -0.1) is 0 Å². The molecule has 0 radical (unpaired) electrons. The number of nitrogens with two attached hydrogens (primary N) is 2. The minimum absolute atomic E-state index is 0.172. The molecule has 0 spiro atoms. The van der Waals surface area contributed by atoms with Crippen molar-refractivity contribution in [2.75, 3.05) is 49.6 Å². The van der Waals surface area contributed by atoms with Gasteiger partial charge in [0.15, 0.2) is 0 Å². The van der Waals surface area contributed by atoms with Crippen LogP contribution in [0, 0.1) is 0 Å². The molecule has 7 nitrogen and oxygen atoms in total. The molecule has 21 heavy (non-hydrogen) atoms. The van der Waals surface area contributed by atoms with Crippen LogP contribution < -0.4 is 16.4 Å². The van der Waals surface area contributed by atoms with E-state index in [2.05, 4.69) is 37.9 Å². The van der Waals surface area contributed by atoms with Crippen LogP contribution in [-0.4, -0.2) is 53.1 Å². The molecule has 1 saturated heterocycles. The van der Waals surface area contributed by atoms with Crippen LogP contribution in [0.3, 0.4) is 0 Å². The highest BCUT2D eigenvalue weighted by molar-refractivity contribution is 5.71. The molecule has 0 amide bonds. The summed E-state index contributed by atoms with van der Waals surface area (Å²) >= 11 is 0. The predicted octanol–water partition coefficient (Wildman–Crippen LogP) is 0.455. The Bertz CT molecular complexity index is 618. The van der Waals surface area contributed by atoms with Crippen molar-refractivity contribution in [3.63, 3.8) is 0 Å². The summed E-state index contributed by atoms with van der Waals surface area (Å²) in [6.45, 7) is 4.18. The van der Waals surface area contributed by atoms with Crippen molar-refractivity contribution in [1.29, 1.82) is 0 Å². The van der Waals surface area contributed by atoms with Crippen molar-refractivity contribution >= 4 is 17.5 Å². The molecule has 4 N–H and O–H groups in total. The van der Waals surface area contributed by atoms with Crippen LogP contribution in [0.25, 0.3) is 11.3 Å². The van der Waals surface area contributed by atoms with E-state index in [9.17, 15) is 0 Å². The van der Waals surface area contributed by atoms with Crippen molar-refractivity contribution in [2.24, 2.45) is 0 Å². The summed E-state index contributed by atoms with van der Waals surface area (Å²) in [7, 11) is 2.14. The minimum atomic E-state index is 0.172. The molecule has 1 fully saturated rings. The number of likely N-dealkylation sites (N-methyl/N-ethyl adjacent to an activating group) is 1. The van der Waals surface area contributed by atoms with E-state index < -0.39 is 0 Å². The molecule has 0 bridgehead atoms. The maximum atomic E-state index is 5.86. The molecule has 1 aliphatic heterocycles. The predicted molar refractivity (Wildman–Crippen MR) is 83.8 cm³/mol. The SMILES string of the molecule is CN1CCN(c2ccc(-c3cnc(N)nc3N)nc2)CC1. The molecule has 3 rings (SSSR count). The van der Waals surface area contributed by atoms with Gasteiger partial charge in [-0.25, -0.2) is 4.98 Å². The molecule has 1 aliphatic rings. The topological polar surface area (TPSA) is 97.2 Å². The zero-order valence-electron chi connectivity index (χ0n) is 12.0. The van der Waals surface area contributed by atoms with Gasteiger partial charge in [0.1, 0.15) is 5.82 Å². The standard InChI is InChI=1S/C14H19N7/c1-20-4-6-21(7-5-20)10-2-3-12(17-8-10)11-9-18-14(16)19-13(11)15/h2-3,8-9H,4-7H2,1H3,(H4,15,16,18,19).